The van der Waals surface area contributed by atoms with Crippen LogP contribution < -0.4 is 5.32 Å². The van der Waals surface area contributed by atoms with Crippen LogP contribution in [-0.4, -0.2) is 35.5 Å². The van der Waals surface area contributed by atoms with Crippen molar-refractivity contribution in [3.63, 3.8) is 0 Å². The first-order valence-electron chi connectivity index (χ1n) is 6.34. The van der Waals surface area contributed by atoms with E-state index in [-0.39, 0.29) is 23.7 Å². The molecule has 1 N–H and O–H groups in total. The highest BCUT2D eigenvalue weighted by molar-refractivity contribution is 6.35. The van der Waals surface area contributed by atoms with Gasteiger partial charge in [-0.3, -0.25) is 9.59 Å². The maximum atomic E-state index is 12.5. The van der Waals surface area contributed by atoms with E-state index >= 15 is 0 Å². The molecule has 1 atom stereocenters. The Balaban J connectivity index is 2.15. The summed E-state index contributed by atoms with van der Waals surface area (Å²) >= 11 is 11.7. The Labute approximate surface area is 134 Å². The van der Waals surface area contributed by atoms with Gasteiger partial charge in [-0.25, -0.2) is 0 Å². The van der Waals surface area contributed by atoms with Gasteiger partial charge in [0.15, 0.2) is 0 Å². The summed E-state index contributed by atoms with van der Waals surface area (Å²) < 4.78 is 37.6. The number of halogens is 5. The molecule has 1 saturated heterocycles. The molecular formula is C13H11Cl2F3N2O2. The quantitative estimate of drug-likeness (QED) is 0.883. The molecule has 2 amide bonds. The number of nitrogens with zero attached hydrogens (tertiary/aromatic N) is 1. The highest BCUT2D eigenvalue weighted by Gasteiger charge is 2.47. The topological polar surface area (TPSA) is 49.4 Å². The fourth-order valence-electron chi connectivity index (χ4n) is 2.25. The van der Waals surface area contributed by atoms with Crippen LogP contribution >= 0.6 is 23.2 Å². The molecule has 1 fully saturated rings. The number of carbonyl (C=O) groups is 2. The molecule has 120 valence electrons. The first-order chi connectivity index (χ1) is 10.2. The van der Waals surface area contributed by atoms with Crippen molar-refractivity contribution in [1.82, 2.24) is 4.90 Å². The normalized spacial score (nSPS) is 18.4. The third-order valence-electron chi connectivity index (χ3n) is 3.25. The Hall–Kier alpha value is -1.47. The number of amides is 2. The maximum Gasteiger partial charge on any atom is 0.471 e. The van der Waals surface area contributed by atoms with Crippen LogP contribution in [0.5, 0.6) is 0 Å². The molecule has 0 spiro atoms. The minimum atomic E-state index is -5.00. The molecule has 0 saturated carbocycles. The van der Waals surface area contributed by atoms with Crippen molar-refractivity contribution < 1.29 is 22.8 Å². The maximum absolute atomic E-state index is 12.5. The second kappa shape index (κ2) is 6.34. The van der Waals surface area contributed by atoms with Crippen molar-refractivity contribution in [3.05, 3.63) is 28.2 Å². The Morgan fingerprint density at radius 2 is 1.95 bits per heavy atom. The lowest BCUT2D eigenvalue weighted by molar-refractivity contribution is -0.186. The van der Waals surface area contributed by atoms with Gasteiger partial charge in [0.25, 0.3) is 0 Å². The lowest BCUT2D eigenvalue weighted by Crippen LogP contribution is -2.48. The molecule has 1 aromatic carbocycles. The van der Waals surface area contributed by atoms with Gasteiger partial charge >= 0.3 is 12.1 Å². The van der Waals surface area contributed by atoms with Crippen LogP contribution in [0.15, 0.2) is 18.2 Å². The standard InChI is InChI=1S/C13H11Cl2F3N2O2/c14-7-3-4-8(15)9(6-7)19-11(21)10-2-1-5-20(10)12(22)13(16,17)18/h3-4,6,10H,1-2,5H2,(H,19,21). The third-order valence-corrected chi connectivity index (χ3v) is 3.81. The first-order valence-corrected chi connectivity index (χ1v) is 7.09. The number of likely N-dealkylation sites (tertiary alicyclic amines) is 1. The summed E-state index contributed by atoms with van der Waals surface area (Å²) in [5.74, 6) is -2.73. The zero-order valence-corrected chi connectivity index (χ0v) is 12.6. The predicted octanol–water partition coefficient (Wildman–Crippen LogP) is 3.49. The smallest absolute Gasteiger partial charge is 0.323 e. The van der Waals surface area contributed by atoms with E-state index in [4.69, 9.17) is 23.2 Å². The van der Waals surface area contributed by atoms with Crippen molar-refractivity contribution in [1.29, 1.82) is 0 Å². The zero-order valence-electron chi connectivity index (χ0n) is 11.1. The molecule has 0 aromatic heterocycles. The van der Waals surface area contributed by atoms with Crippen molar-refractivity contribution >= 4 is 40.7 Å². The Morgan fingerprint density at radius 1 is 1.27 bits per heavy atom. The van der Waals surface area contributed by atoms with Gasteiger partial charge in [-0.15, -0.1) is 0 Å². The minimum absolute atomic E-state index is 0.111. The zero-order chi connectivity index (χ0) is 16.5. The fourth-order valence-corrected chi connectivity index (χ4v) is 2.59. The van der Waals surface area contributed by atoms with Gasteiger partial charge in [-0.1, -0.05) is 23.2 Å². The molecule has 0 aliphatic carbocycles. The third kappa shape index (κ3) is 3.64. The largest absolute Gasteiger partial charge is 0.471 e. The van der Waals surface area contributed by atoms with Crippen molar-refractivity contribution in [2.45, 2.75) is 25.1 Å². The summed E-state index contributed by atoms with van der Waals surface area (Å²) in [6.07, 6.45) is -4.52. The number of anilines is 1. The lowest BCUT2D eigenvalue weighted by Gasteiger charge is -2.24. The molecular weight excluding hydrogens is 344 g/mol. The number of carbonyl (C=O) groups excluding carboxylic acids is 2. The Bertz CT molecular complexity index is 607. The van der Waals surface area contributed by atoms with Crippen molar-refractivity contribution in [2.24, 2.45) is 0 Å². The van der Waals surface area contributed by atoms with Crippen LogP contribution in [0.4, 0.5) is 18.9 Å². The Morgan fingerprint density at radius 3 is 2.59 bits per heavy atom. The summed E-state index contributed by atoms with van der Waals surface area (Å²) in [6, 6.07) is 3.16. The van der Waals surface area contributed by atoms with E-state index in [1.807, 2.05) is 0 Å². The average Bonchev–Trinajstić information content (AvgIpc) is 2.90. The molecule has 1 heterocycles. The molecule has 4 nitrogen and oxygen atoms in total. The van der Waals surface area contributed by atoms with E-state index in [0.717, 1.165) is 0 Å². The van der Waals surface area contributed by atoms with Crippen LogP contribution in [0.3, 0.4) is 0 Å². The highest BCUT2D eigenvalue weighted by atomic mass is 35.5. The highest BCUT2D eigenvalue weighted by Crippen LogP contribution is 2.29. The molecule has 2 rings (SSSR count). The van der Waals surface area contributed by atoms with Gasteiger partial charge < -0.3 is 10.2 Å². The van der Waals surface area contributed by atoms with Crippen LogP contribution in [0.25, 0.3) is 0 Å². The monoisotopic (exact) mass is 354 g/mol. The first kappa shape index (κ1) is 16.9. The van der Waals surface area contributed by atoms with Gasteiger partial charge in [-0.05, 0) is 31.0 Å². The lowest BCUT2D eigenvalue weighted by atomic mass is 10.2. The minimum Gasteiger partial charge on any atom is -0.323 e. The molecule has 1 aliphatic rings. The van der Waals surface area contributed by atoms with E-state index in [2.05, 4.69) is 5.32 Å². The summed E-state index contributed by atoms with van der Waals surface area (Å²) in [7, 11) is 0. The van der Waals surface area contributed by atoms with E-state index in [0.29, 0.717) is 16.3 Å². The summed E-state index contributed by atoms with van der Waals surface area (Å²) in [5, 5.41) is 2.93. The molecule has 22 heavy (non-hydrogen) atoms. The average molecular weight is 355 g/mol. The number of nitrogens with one attached hydrogen (secondary N) is 1. The number of rotatable bonds is 2. The molecule has 0 radical (unpaired) electrons. The number of alkyl halides is 3. The second-order valence-electron chi connectivity index (χ2n) is 4.77. The Kier molecular flexibility index (Phi) is 4.87. The van der Waals surface area contributed by atoms with Crippen molar-refractivity contribution in [2.75, 3.05) is 11.9 Å². The number of hydrogen-bond acceptors (Lipinski definition) is 2. The van der Waals surface area contributed by atoms with E-state index in [1.165, 1.54) is 18.2 Å². The van der Waals surface area contributed by atoms with Gasteiger partial charge in [0.05, 0.1) is 10.7 Å². The van der Waals surface area contributed by atoms with E-state index < -0.39 is 24.0 Å². The predicted molar refractivity (Wildman–Crippen MR) is 75.9 cm³/mol. The molecule has 0 bridgehead atoms. The SMILES string of the molecule is O=C(Nc1cc(Cl)ccc1Cl)C1CCCN1C(=O)C(F)(F)F. The molecule has 1 aliphatic heterocycles. The number of hydrogen-bond donors (Lipinski definition) is 1. The molecule has 1 unspecified atom stereocenters. The van der Waals surface area contributed by atoms with E-state index in [9.17, 15) is 22.8 Å². The van der Waals surface area contributed by atoms with Gasteiger partial charge in [0.1, 0.15) is 6.04 Å². The van der Waals surface area contributed by atoms with Crippen LogP contribution in [0.1, 0.15) is 12.8 Å². The van der Waals surface area contributed by atoms with Crippen LogP contribution in [0, 0.1) is 0 Å². The van der Waals surface area contributed by atoms with Crippen LogP contribution in [-0.2, 0) is 9.59 Å². The summed E-state index contributed by atoms with van der Waals surface area (Å²) in [6.45, 7) is -0.111. The fraction of sp³-hybridized carbons (Fsp3) is 0.385. The summed E-state index contributed by atoms with van der Waals surface area (Å²) in [5.41, 5.74) is 0.186. The molecule has 9 heteroatoms. The van der Waals surface area contributed by atoms with Gasteiger partial charge in [0.2, 0.25) is 5.91 Å². The van der Waals surface area contributed by atoms with Crippen LogP contribution in [0.2, 0.25) is 10.0 Å². The van der Waals surface area contributed by atoms with E-state index in [1.54, 1.807) is 0 Å². The van der Waals surface area contributed by atoms with Gasteiger partial charge in [-0.2, -0.15) is 13.2 Å². The van der Waals surface area contributed by atoms with Crippen molar-refractivity contribution in [3.8, 4) is 0 Å². The van der Waals surface area contributed by atoms with Gasteiger partial charge in [0, 0.05) is 11.6 Å². The summed E-state index contributed by atoms with van der Waals surface area (Å²) in [4.78, 5) is 24.0. The molecule has 1 aromatic rings. The second-order valence-corrected chi connectivity index (χ2v) is 5.61. The number of benzene rings is 1.